The van der Waals surface area contributed by atoms with Crippen LogP contribution in [0.5, 0.6) is 5.75 Å². The fourth-order valence-electron chi connectivity index (χ4n) is 5.41. The molecule has 7 heteroatoms. The summed E-state index contributed by atoms with van der Waals surface area (Å²) in [7, 11) is 0. The third kappa shape index (κ3) is 5.80. The van der Waals surface area contributed by atoms with Crippen molar-refractivity contribution < 1.29 is 14.3 Å². The number of aryl methyl sites for hydroxylation is 2. The lowest BCUT2D eigenvalue weighted by Crippen LogP contribution is -2.41. The summed E-state index contributed by atoms with van der Waals surface area (Å²) in [5.41, 5.74) is 7.30. The summed E-state index contributed by atoms with van der Waals surface area (Å²) >= 11 is 1.41. The molecule has 0 saturated heterocycles. The van der Waals surface area contributed by atoms with E-state index in [4.69, 9.17) is 4.74 Å². The first-order valence-corrected chi connectivity index (χ1v) is 14.7. The predicted molar refractivity (Wildman–Crippen MR) is 156 cm³/mol. The van der Waals surface area contributed by atoms with Gasteiger partial charge in [-0.2, -0.15) is 0 Å². The van der Waals surface area contributed by atoms with Crippen LogP contribution in [0.15, 0.2) is 72.1 Å². The predicted octanol–water partition coefficient (Wildman–Crippen LogP) is 6.15. The van der Waals surface area contributed by atoms with Gasteiger partial charge < -0.3 is 15.0 Å². The molecule has 0 bridgehead atoms. The number of aromatic nitrogens is 1. The maximum Gasteiger partial charge on any atom is 0.271 e. The smallest absolute Gasteiger partial charge is 0.271 e. The minimum atomic E-state index is -0.195. The molecule has 1 aliphatic heterocycles. The normalized spacial score (nSPS) is 16.4. The third-order valence-corrected chi connectivity index (χ3v) is 8.42. The van der Waals surface area contributed by atoms with Crippen molar-refractivity contribution in [2.75, 3.05) is 6.54 Å². The van der Waals surface area contributed by atoms with Gasteiger partial charge in [0, 0.05) is 24.4 Å². The summed E-state index contributed by atoms with van der Waals surface area (Å²) in [5, 5.41) is 5.45. The Kier molecular flexibility index (Phi) is 7.39. The van der Waals surface area contributed by atoms with Crippen LogP contribution in [-0.2, 0) is 24.4 Å². The second-order valence-corrected chi connectivity index (χ2v) is 11.8. The van der Waals surface area contributed by atoms with Crippen molar-refractivity contribution in [2.45, 2.75) is 52.3 Å². The van der Waals surface area contributed by atoms with E-state index < -0.39 is 0 Å². The zero-order valence-corrected chi connectivity index (χ0v) is 23.7. The van der Waals surface area contributed by atoms with E-state index in [9.17, 15) is 9.59 Å². The number of amides is 2. The van der Waals surface area contributed by atoms with Crippen molar-refractivity contribution >= 4 is 23.2 Å². The molecule has 2 aliphatic rings. The van der Waals surface area contributed by atoms with Gasteiger partial charge in [0.05, 0.1) is 6.04 Å². The monoisotopic (exact) mass is 551 g/mol. The average Bonchev–Trinajstić information content (AvgIpc) is 3.71. The highest BCUT2D eigenvalue weighted by Crippen LogP contribution is 2.41. The van der Waals surface area contributed by atoms with Gasteiger partial charge in [-0.05, 0) is 67.5 Å². The van der Waals surface area contributed by atoms with E-state index in [1.807, 2.05) is 31.2 Å². The lowest BCUT2D eigenvalue weighted by molar-refractivity contribution is -0.134. The molecule has 2 amide bonds. The van der Waals surface area contributed by atoms with Gasteiger partial charge in [-0.3, -0.25) is 9.59 Å². The van der Waals surface area contributed by atoms with Crippen molar-refractivity contribution in [3.05, 3.63) is 116 Å². The molecule has 1 unspecified atom stereocenters. The number of hydrogen-bond donors (Lipinski definition) is 1. The van der Waals surface area contributed by atoms with Crippen LogP contribution in [0.25, 0.3) is 0 Å². The summed E-state index contributed by atoms with van der Waals surface area (Å²) in [6, 6.07) is 22.6. The Bertz CT molecular complexity index is 1560. The molecule has 0 spiro atoms. The lowest BCUT2D eigenvalue weighted by atomic mass is 9.87. The third-order valence-electron chi connectivity index (χ3n) is 7.60. The van der Waals surface area contributed by atoms with Crippen LogP contribution >= 0.6 is 11.3 Å². The van der Waals surface area contributed by atoms with Crippen LogP contribution in [0, 0.1) is 19.8 Å². The Balaban J connectivity index is 1.16. The van der Waals surface area contributed by atoms with E-state index in [0.29, 0.717) is 12.2 Å². The van der Waals surface area contributed by atoms with E-state index in [2.05, 4.69) is 64.6 Å². The van der Waals surface area contributed by atoms with Crippen LogP contribution < -0.4 is 10.1 Å². The largest absolute Gasteiger partial charge is 0.486 e. The summed E-state index contributed by atoms with van der Waals surface area (Å²) in [4.78, 5) is 32.5. The molecule has 1 atom stereocenters. The lowest BCUT2D eigenvalue weighted by Gasteiger charge is -2.38. The average molecular weight is 552 g/mol. The number of ether oxygens (including phenoxy) is 1. The number of fused-ring (bicyclic) bond motifs is 1. The van der Waals surface area contributed by atoms with Crippen LogP contribution in [-0.4, -0.2) is 28.2 Å². The molecule has 2 heterocycles. The topological polar surface area (TPSA) is 71.5 Å². The number of carbonyl (C=O) groups excluding carboxylic acids is 2. The molecular weight excluding hydrogens is 518 g/mol. The number of thiazole rings is 1. The molecular formula is C33H33N3O3S. The number of hydrogen-bond acceptors (Lipinski definition) is 5. The van der Waals surface area contributed by atoms with E-state index >= 15 is 0 Å². The van der Waals surface area contributed by atoms with Gasteiger partial charge in [-0.15, -0.1) is 11.3 Å². The Morgan fingerprint density at radius 3 is 2.60 bits per heavy atom. The number of rotatable bonds is 8. The fourth-order valence-corrected chi connectivity index (χ4v) is 6.09. The Hall–Kier alpha value is -3.97. The number of carbonyl (C=O) groups is 2. The number of nitrogens with one attached hydrogen (secondary N) is 1. The van der Waals surface area contributed by atoms with Crippen molar-refractivity contribution in [2.24, 2.45) is 5.92 Å². The van der Waals surface area contributed by atoms with Crippen molar-refractivity contribution in [3.8, 4) is 5.75 Å². The Labute approximate surface area is 239 Å². The first-order chi connectivity index (χ1) is 19.4. The molecule has 4 aromatic rings. The second-order valence-electron chi connectivity index (χ2n) is 10.8. The molecule has 40 heavy (non-hydrogen) atoms. The van der Waals surface area contributed by atoms with Gasteiger partial charge in [-0.1, -0.05) is 65.7 Å². The number of benzene rings is 3. The number of nitrogens with zero attached hydrogens (tertiary/aromatic N) is 2. The molecule has 1 fully saturated rings. The van der Waals surface area contributed by atoms with E-state index in [1.54, 1.807) is 5.38 Å². The van der Waals surface area contributed by atoms with Gasteiger partial charge in [0.25, 0.3) is 5.91 Å². The maximum atomic E-state index is 13.3. The summed E-state index contributed by atoms with van der Waals surface area (Å²) in [5.74, 6) is 0.970. The Morgan fingerprint density at radius 1 is 1.02 bits per heavy atom. The second kappa shape index (κ2) is 11.3. The molecule has 0 radical (unpaired) electrons. The molecule has 3 aromatic carbocycles. The van der Waals surface area contributed by atoms with Crippen molar-refractivity contribution in [1.29, 1.82) is 0 Å². The first-order valence-electron chi connectivity index (χ1n) is 13.9. The van der Waals surface area contributed by atoms with Gasteiger partial charge in [0.1, 0.15) is 23.1 Å². The molecule has 204 valence electrons. The summed E-state index contributed by atoms with van der Waals surface area (Å²) < 4.78 is 6.17. The van der Waals surface area contributed by atoms with E-state index in [0.717, 1.165) is 58.8 Å². The van der Waals surface area contributed by atoms with Gasteiger partial charge >= 0.3 is 0 Å². The van der Waals surface area contributed by atoms with Crippen molar-refractivity contribution in [3.63, 3.8) is 0 Å². The molecule has 6 nitrogen and oxygen atoms in total. The molecule has 1 saturated carbocycles. The highest BCUT2D eigenvalue weighted by atomic mass is 32.1. The van der Waals surface area contributed by atoms with E-state index in [1.165, 1.54) is 22.5 Å². The highest BCUT2D eigenvalue weighted by molar-refractivity contribution is 7.09. The van der Waals surface area contributed by atoms with Gasteiger partial charge in [0.15, 0.2) is 0 Å². The van der Waals surface area contributed by atoms with Gasteiger partial charge in [0.2, 0.25) is 5.91 Å². The minimum absolute atomic E-state index is 0.121. The van der Waals surface area contributed by atoms with Gasteiger partial charge in [-0.25, -0.2) is 4.98 Å². The zero-order chi connectivity index (χ0) is 27.6. The standard InChI is InChI=1S/C33H33N3O3S/c1-21-5-3-7-23(15-21)18-34-32(37)29-20-40-30(35-29)19-39-27-12-11-24-13-14-36(33(38)25-9-10-25)31(28(24)17-27)26-8-4-6-22(2)16-26/h3-8,11-12,15-17,20,25,31H,9-10,13-14,18-19H2,1-2H3,(H,34,37). The molecule has 1 aromatic heterocycles. The maximum absolute atomic E-state index is 13.3. The molecule has 1 aliphatic carbocycles. The van der Waals surface area contributed by atoms with Crippen molar-refractivity contribution in [1.82, 2.24) is 15.2 Å². The minimum Gasteiger partial charge on any atom is -0.486 e. The molecule has 1 N–H and O–H groups in total. The van der Waals surface area contributed by atoms with E-state index in [-0.39, 0.29) is 30.4 Å². The SMILES string of the molecule is Cc1cccc(CNC(=O)c2csc(COc3ccc4c(c3)C(c3cccc(C)c3)N(C(=O)C3CC3)CC4)n2)c1. The summed E-state index contributed by atoms with van der Waals surface area (Å²) in [6.07, 6.45) is 2.82. The quantitative estimate of drug-likeness (QED) is 0.285. The summed E-state index contributed by atoms with van der Waals surface area (Å²) in [6.45, 7) is 5.59. The van der Waals surface area contributed by atoms with Crippen LogP contribution in [0.3, 0.4) is 0 Å². The fraction of sp³-hybridized carbons (Fsp3) is 0.303. The first kappa shape index (κ1) is 26.3. The Morgan fingerprint density at radius 2 is 1.82 bits per heavy atom. The van der Waals surface area contributed by atoms with Crippen LogP contribution in [0.1, 0.15) is 67.8 Å². The van der Waals surface area contributed by atoms with Crippen LogP contribution in [0.2, 0.25) is 0 Å². The molecule has 6 rings (SSSR count). The van der Waals surface area contributed by atoms with Crippen LogP contribution in [0.4, 0.5) is 0 Å². The zero-order valence-electron chi connectivity index (χ0n) is 22.9. The highest BCUT2D eigenvalue weighted by Gasteiger charge is 2.39.